The molecule has 2 nitrogen and oxygen atoms in total. The van der Waals surface area contributed by atoms with Gasteiger partial charge in [0.1, 0.15) is 17.4 Å². The van der Waals surface area contributed by atoms with Crippen molar-refractivity contribution in [3.8, 4) is 0 Å². The van der Waals surface area contributed by atoms with Crippen molar-refractivity contribution in [3.63, 3.8) is 0 Å². The summed E-state index contributed by atoms with van der Waals surface area (Å²) >= 11 is 3.42. The summed E-state index contributed by atoms with van der Waals surface area (Å²) in [4.78, 5) is 0. The molecule has 80 valence electrons. The molecule has 2 aromatic rings. The molecular weight excluding hydrogens is 256 g/mol. The molecule has 1 atom stereocenters. The topological polar surface area (TPSA) is 33.4 Å². The first-order valence-electron chi connectivity index (χ1n) is 5.08. The lowest BCUT2D eigenvalue weighted by atomic mass is 10.1. The monoisotopic (exact) mass is 268 g/mol. The standard InChI is InChI=1S/C12H13BrO2/c1-2-4-10(14)11-7-8-5-3-6-9(13)12(8)15-11/h3,5-7,10,14H,2,4H2,1H3. The van der Waals surface area contributed by atoms with Crippen molar-refractivity contribution in [1.82, 2.24) is 0 Å². The van der Waals surface area contributed by atoms with Crippen LogP contribution in [0.3, 0.4) is 0 Å². The number of para-hydroxylation sites is 1. The van der Waals surface area contributed by atoms with Crippen LogP contribution in [0.25, 0.3) is 11.0 Å². The number of fused-ring (bicyclic) bond motifs is 1. The van der Waals surface area contributed by atoms with E-state index in [1.54, 1.807) is 0 Å². The Bertz CT molecular complexity index is 462. The molecule has 0 aliphatic heterocycles. The van der Waals surface area contributed by atoms with Gasteiger partial charge in [0.25, 0.3) is 0 Å². The van der Waals surface area contributed by atoms with Crippen LogP contribution in [-0.2, 0) is 0 Å². The third kappa shape index (κ3) is 2.08. The first-order valence-corrected chi connectivity index (χ1v) is 5.87. The fourth-order valence-corrected chi connectivity index (χ4v) is 2.09. The zero-order chi connectivity index (χ0) is 10.8. The molecule has 2 rings (SSSR count). The molecule has 1 unspecified atom stereocenters. The van der Waals surface area contributed by atoms with Crippen molar-refractivity contribution in [2.45, 2.75) is 25.9 Å². The molecule has 0 radical (unpaired) electrons. The fourth-order valence-electron chi connectivity index (χ4n) is 1.63. The Morgan fingerprint density at radius 1 is 1.47 bits per heavy atom. The number of rotatable bonds is 3. The van der Waals surface area contributed by atoms with E-state index in [9.17, 15) is 5.11 Å². The highest BCUT2D eigenvalue weighted by Gasteiger charge is 2.13. The summed E-state index contributed by atoms with van der Waals surface area (Å²) in [5.74, 6) is 0.652. The Labute approximate surface area is 97.0 Å². The molecule has 1 N–H and O–H groups in total. The van der Waals surface area contributed by atoms with E-state index in [0.29, 0.717) is 5.76 Å². The third-order valence-corrected chi connectivity index (χ3v) is 3.03. The zero-order valence-electron chi connectivity index (χ0n) is 8.53. The van der Waals surface area contributed by atoms with Gasteiger partial charge in [-0.2, -0.15) is 0 Å². The van der Waals surface area contributed by atoms with Crippen LogP contribution < -0.4 is 0 Å². The molecule has 1 aromatic heterocycles. The molecule has 0 bridgehead atoms. The minimum Gasteiger partial charge on any atom is -0.457 e. The minimum atomic E-state index is -0.491. The van der Waals surface area contributed by atoms with Gasteiger partial charge in [-0.05, 0) is 34.5 Å². The maximum Gasteiger partial charge on any atom is 0.148 e. The number of furan rings is 1. The average molecular weight is 269 g/mol. The van der Waals surface area contributed by atoms with Gasteiger partial charge in [-0.3, -0.25) is 0 Å². The van der Waals surface area contributed by atoms with E-state index in [1.807, 2.05) is 31.2 Å². The average Bonchev–Trinajstić information content (AvgIpc) is 2.63. The number of aliphatic hydroxyl groups excluding tert-OH is 1. The van der Waals surface area contributed by atoms with E-state index in [-0.39, 0.29) is 0 Å². The largest absolute Gasteiger partial charge is 0.457 e. The minimum absolute atomic E-state index is 0.491. The van der Waals surface area contributed by atoms with Crippen LogP contribution in [0.5, 0.6) is 0 Å². The van der Waals surface area contributed by atoms with Crippen LogP contribution in [-0.4, -0.2) is 5.11 Å². The van der Waals surface area contributed by atoms with Crippen molar-refractivity contribution < 1.29 is 9.52 Å². The van der Waals surface area contributed by atoms with E-state index in [0.717, 1.165) is 28.3 Å². The van der Waals surface area contributed by atoms with Gasteiger partial charge in [0.05, 0.1) is 4.47 Å². The van der Waals surface area contributed by atoms with Gasteiger partial charge < -0.3 is 9.52 Å². The van der Waals surface area contributed by atoms with Crippen molar-refractivity contribution >= 4 is 26.9 Å². The summed E-state index contributed by atoms with van der Waals surface area (Å²) in [6, 6.07) is 7.77. The molecule has 0 aliphatic carbocycles. The van der Waals surface area contributed by atoms with Crippen LogP contribution in [0, 0.1) is 0 Å². The van der Waals surface area contributed by atoms with Gasteiger partial charge >= 0.3 is 0 Å². The second-order valence-electron chi connectivity index (χ2n) is 3.61. The van der Waals surface area contributed by atoms with E-state index >= 15 is 0 Å². The first-order chi connectivity index (χ1) is 7.22. The number of halogens is 1. The molecule has 0 fully saturated rings. The van der Waals surface area contributed by atoms with Gasteiger partial charge in [-0.1, -0.05) is 25.5 Å². The predicted molar refractivity (Wildman–Crippen MR) is 63.8 cm³/mol. The van der Waals surface area contributed by atoms with Crippen LogP contribution in [0.2, 0.25) is 0 Å². The van der Waals surface area contributed by atoms with Crippen molar-refractivity contribution in [2.75, 3.05) is 0 Å². The summed E-state index contributed by atoms with van der Waals surface area (Å²) in [6.45, 7) is 2.04. The lowest BCUT2D eigenvalue weighted by molar-refractivity contribution is 0.141. The molecule has 0 saturated heterocycles. The highest BCUT2D eigenvalue weighted by molar-refractivity contribution is 9.10. The van der Waals surface area contributed by atoms with Crippen LogP contribution in [0.1, 0.15) is 31.6 Å². The molecule has 1 heterocycles. The molecule has 1 aromatic carbocycles. The molecule has 3 heteroatoms. The zero-order valence-corrected chi connectivity index (χ0v) is 10.1. The van der Waals surface area contributed by atoms with Gasteiger partial charge in [-0.25, -0.2) is 0 Å². The van der Waals surface area contributed by atoms with Gasteiger partial charge in [0, 0.05) is 5.39 Å². The molecule has 0 spiro atoms. The number of benzene rings is 1. The summed E-state index contributed by atoms with van der Waals surface area (Å²) in [6.07, 6.45) is 1.19. The SMILES string of the molecule is CCCC(O)c1cc2cccc(Br)c2o1. The Kier molecular flexibility index (Phi) is 3.12. The highest BCUT2D eigenvalue weighted by Crippen LogP contribution is 2.30. The van der Waals surface area contributed by atoms with Crippen LogP contribution in [0.15, 0.2) is 33.2 Å². The predicted octanol–water partition coefficient (Wildman–Crippen LogP) is 4.03. The number of hydrogen-bond donors (Lipinski definition) is 1. The Hall–Kier alpha value is -0.800. The quantitative estimate of drug-likeness (QED) is 0.912. The summed E-state index contributed by atoms with van der Waals surface area (Å²) in [7, 11) is 0. The van der Waals surface area contributed by atoms with Gasteiger partial charge in [-0.15, -0.1) is 0 Å². The Balaban J connectivity index is 2.43. The van der Waals surface area contributed by atoms with Crippen LogP contribution in [0.4, 0.5) is 0 Å². The molecule has 0 aliphatic rings. The lowest BCUT2D eigenvalue weighted by Gasteiger charge is -2.03. The normalized spacial score (nSPS) is 13.3. The Morgan fingerprint density at radius 3 is 2.93 bits per heavy atom. The number of hydrogen-bond acceptors (Lipinski definition) is 2. The first kappa shape index (κ1) is 10.7. The van der Waals surface area contributed by atoms with Gasteiger partial charge in [0.2, 0.25) is 0 Å². The van der Waals surface area contributed by atoms with Gasteiger partial charge in [0.15, 0.2) is 0 Å². The Morgan fingerprint density at radius 2 is 2.27 bits per heavy atom. The van der Waals surface area contributed by atoms with Crippen molar-refractivity contribution in [2.24, 2.45) is 0 Å². The van der Waals surface area contributed by atoms with E-state index < -0.39 is 6.10 Å². The van der Waals surface area contributed by atoms with E-state index in [2.05, 4.69) is 15.9 Å². The fraction of sp³-hybridized carbons (Fsp3) is 0.333. The van der Waals surface area contributed by atoms with Crippen LogP contribution >= 0.6 is 15.9 Å². The van der Waals surface area contributed by atoms with E-state index in [4.69, 9.17) is 4.42 Å². The molecule has 0 saturated carbocycles. The summed E-state index contributed by atoms with van der Waals surface area (Å²) in [5.41, 5.74) is 0.808. The van der Waals surface area contributed by atoms with Crippen molar-refractivity contribution in [3.05, 3.63) is 34.5 Å². The maximum absolute atomic E-state index is 9.80. The summed E-state index contributed by atoms with van der Waals surface area (Å²) < 4.78 is 6.54. The molecular formula is C12H13BrO2. The molecule has 0 amide bonds. The smallest absolute Gasteiger partial charge is 0.148 e. The third-order valence-electron chi connectivity index (χ3n) is 2.41. The highest BCUT2D eigenvalue weighted by atomic mass is 79.9. The van der Waals surface area contributed by atoms with Crippen molar-refractivity contribution in [1.29, 1.82) is 0 Å². The maximum atomic E-state index is 9.80. The van der Waals surface area contributed by atoms with E-state index in [1.165, 1.54) is 0 Å². The second-order valence-corrected chi connectivity index (χ2v) is 4.47. The number of aliphatic hydroxyl groups is 1. The second kappa shape index (κ2) is 4.37. The lowest BCUT2D eigenvalue weighted by Crippen LogP contribution is -1.93. The molecule has 15 heavy (non-hydrogen) atoms. The summed E-state index contributed by atoms with van der Waals surface area (Å²) in [5, 5.41) is 10.8.